The van der Waals surface area contributed by atoms with Crippen LogP contribution in [-0.4, -0.2) is 58.5 Å². The molecule has 0 spiro atoms. The number of likely N-dealkylation sites (N-methyl/N-ethyl adjacent to an activating group) is 1. The maximum absolute atomic E-state index is 12.5. The highest BCUT2D eigenvalue weighted by atomic mass is 16.6. The summed E-state index contributed by atoms with van der Waals surface area (Å²) in [5.41, 5.74) is 14.8. The first-order valence-electron chi connectivity index (χ1n) is 13.7. The van der Waals surface area contributed by atoms with Crippen LogP contribution in [0, 0.1) is 10.1 Å². The second kappa shape index (κ2) is 11.0. The number of aromatic nitrogens is 2. The third-order valence-corrected chi connectivity index (χ3v) is 8.21. The fraction of sp³-hybridized carbons (Fsp3) is 0.500. The number of nitrogen functional groups attached to an aromatic ring is 1. The predicted octanol–water partition coefficient (Wildman–Crippen LogP) is 4.72. The third-order valence-electron chi connectivity index (χ3n) is 8.21. The summed E-state index contributed by atoms with van der Waals surface area (Å²) in [5, 5.41) is 12.2. The Morgan fingerprint density at radius 3 is 2.53 bits per heavy atom. The molecule has 0 unspecified atom stereocenters. The predicted molar refractivity (Wildman–Crippen MR) is 150 cm³/mol. The van der Waals surface area contributed by atoms with Gasteiger partial charge in [0.25, 0.3) is 5.91 Å². The molecule has 5 rings (SSSR count). The zero-order chi connectivity index (χ0) is 26.8. The number of nitro groups is 1. The van der Waals surface area contributed by atoms with Gasteiger partial charge in [-0.05, 0) is 62.5 Å². The lowest BCUT2D eigenvalue weighted by atomic mass is 9.95. The molecule has 2 aliphatic rings. The van der Waals surface area contributed by atoms with Crippen LogP contribution in [0.25, 0.3) is 22.2 Å². The number of carbonyl (C=O) groups is 1. The monoisotopic (exact) mass is 519 g/mol. The number of rotatable bonds is 8. The maximum atomic E-state index is 12.5. The van der Waals surface area contributed by atoms with E-state index in [0.29, 0.717) is 29.4 Å². The van der Waals surface area contributed by atoms with Crippen molar-refractivity contribution < 1.29 is 9.72 Å². The van der Waals surface area contributed by atoms with Crippen LogP contribution < -0.4 is 16.4 Å². The molecule has 1 saturated heterocycles. The zero-order valence-electron chi connectivity index (χ0n) is 22.1. The number of amides is 1. The normalized spacial score (nSPS) is 17.1. The number of nitrogens with zero attached hydrogens (tertiary/aromatic N) is 5. The Kier molecular flexibility index (Phi) is 7.51. The minimum atomic E-state index is -0.779. The summed E-state index contributed by atoms with van der Waals surface area (Å²) in [7, 11) is 1.87. The number of hydrogen-bond acceptors (Lipinski definition) is 7. The second-order valence-corrected chi connectivity index (χ2v) is 10.7. The number of likely N-dealkylation sites (tertiary alicyclic amines) is 1. The lowest BCUT2D eigenvalue weighted by Gasteiger charge is -2.30. The van der Waals surface area contributed by atoms with Crippen molar-refractivity contribution in [1.29, 1.82) is 0 Å². The molecule has 1 aromatic heterocycles. The number of nitrogens with two attached hydrogens (primary N) is 2. The molecule has 3 aromatic rings. The van der Waals surface area contributed by atoms with Crippen molar-refractivity contribution in [2.75, 3.05) is 43.9 Å². The molecule has 0 radical (unpaired) electrons. The average Bonchev–Trinajstić information content (AvgIpc) is 3.35. The highest BCUT2D eigenvalue weighted by Crippen LogP contribution is 2.43. The van der Waals surface area contributed by atoms with Crippen LogP contribution in [0.2, 0.25) is 0 Å². The largest absolute Gasteiger partial charge is 0.392 e. The highest BCUT2D eigenvalue weighted by Gasteiger charge is 2.30. The first-order valence-corrected chi connectivity index (χ1v) is 13.7. The topological polar surface area (TPSA) is 137 Å². The van der Waals surface area contributed by atoms with E-state index in [4.69, 9.17) is 11.5 Å². The highest BCUT2D eigenvalue weighted by molar-refractivity contribution is 6.08. The number of hydrogen-bond donors (Lipinski definition) is 2. The number of primary amides is 1. The van der Waals surface area contributed by atoms with Crippen LogP contribution in [0.15, 0.2) is 30.6 Å². The minimum absolute atomic E-state index is 0.00995. The molecule has 0 atom stereocenters. The molecule has 10 nitrogen and oxygen atoms in total. The third kappa shape index (κ3) is 5.05. The van der Waals surface area contributed by atoms with Crippen molar-refractivity contribution in [3.05, 3.63) is 46.3 Å². The van der Waals surface area contributed by atoms with E-state index in [2.05, 4.69) is 14.5 Å². The summed E-state index contributed by atoms with van der Waals surface area (Å²) in [5.74, 6) is -0.779. The van der Waals surface area contributed by atoms with Gasteiger partial charge in [0.1, 0.15) is 5.69 Å². The molecule has 0 bridgehead atoms. The minimum Gasteiger partial charge on any atom is -0.392 e. The Labute approximate surface area is 222 Å². The molecule has 1 aliphatic heterocycles. The summed E-state index contributed by atoms with van der Waals surface area (Å²) in [4.78, 5) is 33.1. The van der Waals surface area contributed by atoms with E-state index in [0.717, 1.165) is 43.5 Å². The van der Waals surface area contributed by atoms with Gasteiger partial charge in [0.15, 0.2) is 0 Å². The SMILES string of the molecule is CN(CCN1CCCCC1)c1cc(-c2ccc3c(c2)ncn3C2CCCCC2)c([N+](=O)[O-])c(N)c1C(N)=O. The quantitative estimate of drug-likeness (QED) is 0.250. The Morgan fingerprint density at radius 1 is 1.13 bits per heavy atom. The van der Waals surface area contributed by atoms with Crippen LogP contribution in [-0.2, 0) is 0 Å². The molecule has 1 saturated carbocycles. The zero-order valence-corrected chi connectivity index (χ0v) is 22.1. The van der Waals surface area contributed by atoms with Crippen molar-refractivity contribution in [3.8, 4) is 11.1 Å². The molecule has 2 aromatic carbocycles. The van der Waals surface area contributed by atoms with Crippen molar-refractivity contribution in [2.24, 2.45) is 5.73 Å². The van der Waals surface area contributed by atoms with Crippen molar-refractivity contribution in [1.82, 2.24) is 14.5 Å². The molecule has 4 N–H and O–H groups in total. The fourth-order valence-electron chi connectivity index (χ4n) is 6.10. The lowest BCUT2D eigenvalue weighted by molar-refractivity contribution is -0.383. The maximum Gasteiger partial charge on any atom is 0.300 e. The number of piperidine rings is 1. The van der Waals surface area contributed by atoms with E-state index in [-0.39, 0.29) is 16.9 Å². The van der Waals surface area contributed by atoms with Crippen LogP contribution in [0.4, 0.5) is 17.1 Å². The van der Waals surface area contributed by atoms with Gasteiger partial charge in [-0.15, -0.1) is 0 Å². The van der Waals surface area contributed by atoms with Gasteiger partial charge >= 0.3 is 5.69 Å². The van der Waals surface area contributed by atoms with Gasteiger partial charge in [0, 0.05) is 26.2 Å². The lowest BCUT2D eigenvalue weighted by Crippen LogP contribution is -2.37. The van der Waals surface area contributed by atoms with Crippen LogP contribution in [0.1, 0.15) is 67.8 Å². The summed E-state index contributed by atoms with van der Waals surface area (Å²) < 4.78 is 2.23. The first kappa shape index (κ1) is 26.0. The fourth-order valence-corrected chi connectivity index (χ4v) is 6.10. The van der Waals surface area contributed by atoms with E-state index in [1.807, 2.05) is 36.5 Å². The van der Waals surface area contributed by atoms with Gasteiger partial charge in [0.05, 0.1) is 39.1 Å². The number of nitro benzene ring substituents is 1. The van der Waals surface area contributed by atoms with Gasteiger partial charge < -0.3 is 25.8 Å². The van der Waals surface area contributed by atoms with E-state index in [1.54, 1.807) is 6.07 Å². The van der Waals surface area contributed by atoms with Gasteiger partial charge in [0.2, 0.25) is 0 Å². The smallest absolute Gasteiger partial charge is 0.300 e. The summed E-state index contributed by atoms with van der Waals surface area (Å²) >= 11 is 0. The number of benzene rings is 2. The standard InChI is InChI=1S/C28H37N7O3/c1-32(14-15-33-12-6-3-7-13-33)24-17-21(27(35(37)38)26(29)25(24)28(30)36)19-10-11-23-22(16-19)31-18-34(23)20-8-4-2-5-9-20/h10-11,16-18,20H,2-9,12-15,29H2,1H3,(H2,30,36). The molecule has 38 heavy (non-hydrogen) atoms. The Bertz CT molecular complexity index is 1340. The van der Waals surface area contributed by atoms with Crippen LogP contribution >= 0.6 is 0 Å². The summed E-state index contributed by atoms with van der Waals surface area (Å²) in [6.45, 7) is 3.57. The van der Waals surface area contributed by atoms with E-state index in [1.165, 1.54) is 38.5 Å². The van der Waals surface area contributed by atoms with E-state index in [9.17, 15) is 14.9 Å². The first-order chi connectivity index (χ1) is 18.3. The molecule has 2 heterocycles. The Hall–Kier alpha value is -3.66. The number of fused-ring (bicyclic) bond motifs is 1. The van der Waals surface area contributed by atoms with Crippen molar-refractivity contribution in [2.45, 2.75) is 57.4 Å². The van der Waals surface area contributed by atoms with Crippen molar-refractivity contribution >= 4 is 34.0 Å². The molecular weight excluding hydrogens is 482 g/mol. The van der Waals surface area contributed by atoms with Crippen LogP contribution in [0.5, 0.6) is 0 Å². The van der Waals surface area contributed by atoms with Crippen molar-refractivity contribution in [3.63, 3.8) is 0 Å². The van der Waals surface area contributed by atoms with Gasteiger partial charge in [-0.2, -0.15) is 0 Å². The molecule has 10 heteroatoms. The summed E-state index contributed by atoms with van der Waals surface area (Å²) in [6.07, 6.45) is 11.5. The Balaban J connectivity index is 1.54. The summed E-state index contributed by atoms with van der Waals surface area (Å²) in [6, 6.07) is 7.85. The van der Waals surface area contributed by atoms with Gasteiger partial charge in [-0.1, -0.05) is 31.7 Å². The van der Waals surface area contributed by atoms with Crippen LogP contribution in [0.3, 0.4) is 0 Å². The Morgan fingerprint density at radius 2 is 1.84 bits per heavy atom. The van der Waals surface area contributed by atoms with E-state index >= 15 is 0 Å². The van der Waals surface area contributed by atoms with Gasteiger partial charge in [-0.25, -0.2) is 4.98 Å². The van der Waals surface area contributed by atoms with E-state index < -0.39 is 10.8 Å². The molecule has 202 valence electrons. The number of anilines is 2. The van der Waals surface area contributed by atoms with Gasteiger partial charge in [-0.3, -0.25) is 14.9 Å². The molecule has 1 aliphatic carbocycles. The molecule has 2 fully saturated rings. The number of imidazole rings is 1. The second-order valence-electron chi connectivity index (χ2n) is 10.7. The average molecular weight is 520 g/mol. The molecule has 1 amide bonds. The molecular formula is C28H37N7O3. The number of carbonyl (C=O) groups excluding carboxylic acids is 1.